The third kappa shape index (κ3) is 3.82. The van der Waals surface area contributed by atoms with Crippen LogP contribution in [0.4, 0.5) is 0 Å². The Morgan fingerprint density at radius 3 is 2.75 bits per heavy atom. The fourth-order valence-corrected chi connectivity index (χ4v) is 4.61. The molecule has 8 heteroatoms. The highest BCUT2D eigenvalue weighted by Gasteiger charge is 2.39. The number of rotatable bonds is 2. The molecule has 5 nitrogen and oxygen atoms in total. The Morgan fingerprint density at radius 1 is 1.29 bits per heavy atom. The largest absolute Gasteiger partial charge is 0.331 e. The highest BCUT2D eigenvalue weighted by Crippen LogP contribution is 2.31. The second kappa shape index (κ2) is 8.43. The maximum atomic E-state index is 13.1. The lowest BCUT2D eigenvalue weighted by molar-refractivity contribution is -0.144. The van der Waals surface area contributed by atoms with Gasteiger partial charge in [0, 0.05) is 37.3 Å². The molecular formula is C16H21Cl2N3O2S. The molecule has 2 aliphatic heterocycles. The van der Waals surface area contributed by atoms with Crippen LogP contribution in [-0.4, -0.2) is 58.9 Å². The summed E-state index contributed by atoms with van der Waals surface area (Å²) < 4.78 is 0. The van der Waals surface area contributed by atoms with Gasteiger partial charge in [-0.1, -0.05) is 29.8 Å². The van der Waals surface area contributed by atoms with Crippen molar-refractivity contribution in [1.29, 1.82) is 0 Å². The molecule has 1 N–H and O–H groups in total. The van der Waals surface area contributed by atoms with Gasteiger partial charge in [-0.25, -0.2) is 0 Å². The Labute approximate surface area is 157 Å². The molecule has 0 aromatic heterocycles. The van der Waals surface area contributed by atoms with E-state index in [1.165, 1.54) is 6.92 Å². The SMILES string of the molecule is CC(=O)N1CSCC1C(=O)N1CCNCC1c1ccccc1Cl.Cl. The molecule has 2 aliphatic rings. The molecule has 0 bridgehead atoms. The van der Waals surface area contributed by atoms with Gasteiger partial charge in [0.2, 0.25) is 11.8 Å². The highest BCUT2D eigenvalue weighted by molar-refractivity contribution is 7.99. The van der Waals surface area contributed by atoms with E-state index in [9.17, 15) is 9.59 Å². The van der Waals surface area contributed by atoms with Crippen molar-refractivity contribution < 1.29 is 9.59 Å². The van der Waals surface area contributed by atoms with E-state index in [1.807, 2.05) is 29.2 Å². The number of piperazine rings is 1. The quantitative estimate of drug-likeness (QED) is 0.841. The zero-order valence-electron chi connectivity index (χ0n) is 13.4. The summed E-state index contributed by atoms with van der Waals surface area (Å²) in [5.41, 5.74) is 0.953. The van der Waals surface area contributed by atoms with Gasteiger partial charge in [-0.2, -0.15) is 0 Å². The molecule has 2 atom stereocenters. The molecule has 3 rings (SSSR count). The fraction of sp³-hybridized carbons (Fsp3) is 0.500. The van der Waals surface area contributed by atoms with Crippen molar-refractivity contribution in [2.45, 2.75) is 19.0 Å². The molecule has 0 aliphatic carbocycles. The van der Waals surface area contributed by atoms with Crippen LogP contribution >= 0.6 is 35.8 Å². The summed E-state index contributed by atoms with van der Waals surface area (Å²) in [6.45, 7) is 3.58. The van der Waals surface area contributed by atoms with E-state index in [1.54, 1.807) is 16.7 Å². The van der Waals surface area contributed by atoms with Crippen molar-refractivity contribution in [3.8, 4) is 0 Å². The third-order valence-corrected chi connectivity index (χ3v) is 5.72. The standard InChI is InChI=1S/C16H20ClN3O2S.ClH/c1-11(21)20-10-23-9-15(20)16(22)19-7-6-18-8-14(19)12-4-2-3-5-13(12)17;/h2-5,14-15,18H,6-10H2,1H3;1H. The Bertz CT molecular complexity index is 617. The van der Waals surface area contributed by atoms with Crippen LogP contribution in [-0.2, 0) is 9.59 Å². The monoisotopic (exact) mass is 389 g/mol. The van der Waals surface area contributed by atoms with Crippen LogP contribution in [0.3, 0.4) is 0 Å². The zero-order valence-corrected chi connectivity index (χ0v) is 15.8. The molecule has 132 valence electrons. The summed E-state index contributed by atoms with van der Waals surface area (Å²) in [5.74, 6) is 1.24. The van der Waals surface area contributed by atoms with Gasteiger partial charge < -0.3 is 15.1 Å². The van der Waals surface area contributed by atoms with Gasteiger partial charge in [-0.3, -0.25) is 9.59 Å². The summed E-state index contributed by atoms with van der Waals surface area (Å²) in [5, 5.41) is 4.00. The summed E-state index contributed by atoms with van der Waals surface area (Å²) in [6.07, 6.45) is 0. The van der Waals surface area contributed by atoms with Crippen molar-refractivity contribution in [1.82, 2.24) is 15.1 Å². The molecule has 24 heavy (non-hydrogen) atoms. The number of nitrogens with zero attached hydrogens (tertiary/aromatic N) is 2. The molecule has 0 spiro atoms. The number of amides is 2. The lowest BCUT2D eigenvalue weighted by Crippen LogP contribution is -2.55. The van der Waals surface area contributed by atoms with Crippen LogP contribution in [0.2, 0.25) is 5.02 Å². The first-order chi connectivity index (χ1) is 11.1. The summed E-state index contributed by atoms with van der Waals surface area (Å²) in [6, 6.07) is 7.18. The van der Waals surface area contributed by atoms with Gasteiger partial charge in [0.05, 0.1) is 11.9 Å². The number of benzene rings is 1. The van der Waals surface area contributed by atoms with E-state index >= 15 is 0 Å². The first kappa shape index (κ1) is 19.4. The maximum absolute atomic E-state index is 13.1. The number of thioether (sulfide) groups is 1. The first-order valence-electron chi connectivity index (χ1n) is 7.70. The Kier molecular flexibility index (Phi) is 6.80. The average Bonchev–Trinajstić information content (AvgIpc) is 3.04. The van der Waals surface area contributed by atoms with E-state index in [4.69, 9.17) is 11.6 Å². The number of nitrogens with one attached hydrogen (secondary N) is 1. The van der Waals surface area contributed by atoms with Crippen LogP contribution in [0, 0.1) is 0 Å². The third-order valence-electron chi connectivity index (χ3n) is 4.36. The van der Waals surface area contributed by atoms with Crippen LogP contribution in [0.5, 0.6) is 0 Å². The normalized spacial score (nSPS) is 23.8. The van der Waals surface area contributed by atoms with Gasteiger partial charge in [-0.05, 0) is 11.6 Å². The second-order valence-electron chi connectivity index (χ2n) is 5.78. The number of carbonyl (C=O) groups excluding carboxylic acids is 2. The van der Waals surface area contributed by atoms with Gasteiger partial charge >= 0.3 is 0 Å². The fourth-order valence-electron chi connectivity index (χ4n) is 3.14. The predicted molar refractivity (Wildman–Crippen MR) is 99.7 cm³/mol. The Balaban J connectivity index is 0.00000208. The smallest absolute Gasteiger partial charge is 0.246 e. The minimum atomic E-state index is -0.361. The van der Waals surface area contributed by atoms with Crippen LogP contribution in [0.25, 0.3) is 0 Å². The van der Waals surface area contributed by atoms with E-state index in [-0.39, 0.29) is 36.3 Å². The average molecular weight is 390 g/mol. The van der Waals surface area contributed by atoms with Crippen LogP contribution in [0.15, 0.2) is 24.3 Å². The second-order valence-corrected chi connectivity index (χ2v) is 7.18. The molecule has 1 aromatic carbocycles. The zero-order chi connectivity index (χ0) is 16.4. The van der Waals surface area contributed by atoms with E-state index in [0.717, 1.165) is 12.1 Å². The molecule has 1 aromatic rings. The van der Waals surface area contributed by atoms with Gasteiger partial charge in [0.1, 0.15) is 6.04 Å². The highest BCUT2D eigenvalue weighted by atomic mass is 35.5. The van der Waals surface area contributed by atoms with Crippen LogP contribution in [0.1, 0.15) is 18.5 Å². The van der Waals surface area contributed by atoms with Crippen molar-refractivity contribution in [3.05, 3.63) is 34.9 Å². The number of halogens is 2. The lowest BCUT2D eigenvalue weighted by Gasteiger charge is -2.39. The summed E-state index contributed by atoms with van der Waals surface area (Å²) >= 11 is 7.96. The molecule has 2 fully saturated rings. The maximum Gasteiger partial charge on any atom is 0.246 e. The molecular weight excluding hydrogens is 369 g/mol. The number of hydrogen-bond donors (Lipinski definition) is 1. The molecule has 2 unspecified atom stereocenters. The van der Waals surface area contributed by atoms with E-state index in [2.05, 4.69) is 5.32 Å². The van der Waals surface area contributed by atoms with E-state index in [0.29, 0.717) is 29.7 Å². The molecule has 2 amide bonds. The van der Waals surface area contributed by atoms with Crippen molar-refractivity contribution in [3.63, 3.8) is 0 Å². The van der Waals surface area contributed by atoms with Crippen molar-refractivity contribution in [2.24, 2.45) is 0 Å². The van der Waals surface area contributed by atoms with Gasteiger partial charge in [0.25, 0.3) is 0 Å². The summed E-state index contributed by atoms with van der Waals surface area (Å²) in [4.78, 5) is 28.4. The van der Waals surface area contributed by atoms with Gasteiger partial charge in [0.15, 0.2) is 0 Å². The molecule has 0 saturated carbocycles. The van der Waals surface area contributed by atoms with Crippen molar-refractivity contribution in [2.75, 3.05) is 31.3 Å². The number of hydrogen-bond acceptors (Lipinski definition) is 4. The lowest BCUT2D eigenvalue weighted by atomic mass is 10.0. The van der Waals surface area contributed by atoms with E-state index < -0.39 is 0 Å². The topological polar surface area (TPSA) is 52.7 Å². The summed E-state index contributed by atoms with van der Waals surface area (Å²) in [7, 11) is 0. The molecule has 0 radical (unpaired) electrons. The minimum Gasteiger partial charge on any atom is -0.331 e. The Hall–Kier alpha value is -0.950. The van der Waals surface area contributed by atoms with Crippen LogP contribution < -0.4 is 5.32 Å². The first-order valence-corrected chi connectivity index (χ1v) is 9.23. The van der Waals surface area contributed by atoms with Crippen molar-refractivity contribution >= 4 is 47.6 Å². The molecule has 2 heterocycles. The molecule has 2 saturated heterocycles. The predicted octanol–water partition coefficient (Wildman–Crippen LogP) is 2.16. The van der Waals surface area contributed by atoms with Gasteiger partial charge in [-0.15, -0.1) is 24.2 Å². The number of carbonyl (C=O) groups is 2. The Morgan fingerprint density at radius 2 is 2.04 bits per heavy atom. The minimum absolute atomic E-state index is 0.